The predicted molar refractivity (Wildman–Crippen MR) is 105 cm³/mol. The molecule has 1 aromatic carbocycles. The van der Waals surface area contributed by atoms with E-state index in [-0.39, 0.29) is 17.6 Å². The third-order valence-corrected chi connectivity index (χ3v) is 6.05. The minimum atomic E-state index is -0.0735. The van der Waals surface area contributed by atoms with Crippen molar-refractivity contribution in [3.63, 3.8) is 0 Å². The molecule has 7 heteroatoms. The summed E-state index contributed by atoms with van der Waals surface area (Å²) in [7, 11) is 0. The lowest BCUT2D eigenvalue weighted by Crippen LogP contribution is -2.33. The molecule has 0 radical (unpaired) electrons. The minimum Gasteiger partial charge on any atom is -0.336 e. The van der Waals surface area contributed by atoms with Gasteiger partial charge in [0.15, 0.2) is 0 Å². The zero-order valence-corrected chi connectivity index (χ0v) is 16.6. The van der Waals surface area contributed by atoms with Crippen LogP contribution in [0.5, 0.6) is 0 Å². The van der Waals surface area contributed by atoms with Gasteiger partial charge in [-0.05, 0) is 49.9 Å². The molecule has 2 aliphatic rings. The monoisotopic (exact) mass is 387 g/mol. The van der Waals surface area contributed by atoms with Gasteiger partial charge in [0, 0.05) is 19.0 Å². The quantitative estimate of drug-likeness (QED) is 0.878. The summed E-state index contributed by atoms with van der Waals surface area (Å²) in [5.41, 5.74) is 0.755. The second-order valence-electron chi connectivity index (χ2n) is 7.86. The van der Waals surface area contributed by atoms with Crippen LogP contribution in [0, 0.1) is 11.8 Å². The van der Waals surface area contributed by atoms with Crippen LogP contribution >= 0.6 is 11.6 Å². The molecule has 1 amide bonds. The zero-order chi connectivity index (χ0) is 19.0. The molecule has 27 heavy (non-hydrogen) atoms. The highest BCUT2D eigenvalue weighted by atomic mass is 35.5. The van der Waals surface area contributed by atoms with Gasteiger partial charge in [0.25, 0.3) is 5.91 Å². The van der Waals surface area contributed by atoms with E-state index in [1.54, 1.807) is 4.68 Å². The number of halogens is 1. The second kappa shape index (κ2) is 7.60. The molecule has 0 aliphatic carbocycles. The number of aromatic nitrogens is 3. The first-order chi connectivity index (χ1) is 13.0. The average Bonchev–Trinajstić information content (AvgIpc) is 3.25. The molecular weight excluding hydrogens is 362 g/mol. The highest BCUT2D eigenvalue weighted by Gasteiger charge is 2.33. The molecule has 0 unspecified atom stereocenters. The maximum Gasteiger partial charge on any atom is 0.293 e. The number of carbonyl (C=O) groups is 1. The summed E-state index contributed by atoms with van der Waals surface area (Å²) in [5, 5.41) is 8.62. The maximum atomic E-state index is 13.1. The Bertz CT molecular complexity index is 820. The van der Waals surface area contributed by atoms with Crippen molar-refractivity contribution >= 4 is 17.5 Å². The number of nitrogens with one attached hydrogen (secondary N) is 1. The van der Waals surface area contributed by atoms with Crippen molar-refractivity contribution in [3.8, 4) is 5.69 Å². The van der Waals surface area contributed by atoms with E-state index >= 15 is 0 Å². The van der Waals surface area contributed by atoms with Gasteiger partial charge in [-0.15, -0.1) is 5.10 Å². The number of amides is 1. The molecule has 0 bridgehead atoms. The van der Waals surface area contributed by atoms with Gasteiger partial charge in [-0.3, -0.25) is 4.79 Å². The van der Waals surface area contributed by atoms with Crippen LogP contribution in [0.25, 0.3) is 5.69 Å². The van der Waals surface area contributed by atoms with Crippen molar-refractivity contribution in [1.82, 2.24) is 25.0 Å². The van der Waals surface area contributed by atoms with Crippen molar-refractivity contribution in [2.45, 2.75) is 32.6 Å². The van der Waals surface area contributed by atoms with Crippen molar-refractivity contribution in [2.75, 3.05) is 26.2 Å². The van der Waals surface area contributed by atoms with E-state index in [1.807, 2.05) is 43.0 Å². The number of benzene rings is 1. The van der Waals surface area contributed by atoms with E-state index in [2.05, 4.69) is 15.4 Å². The third kappa shape index (κ3) is 3.60. The Kier molecular flexibility index (Phi) is 5.19. The highest BCUT2D eigenvalue weighted by molar-refractivity contribution is 6.32. The Balaban J connectivity index is 1.61. The van der Waals surface area contributed by atoms with Gasteiger partial charge in [0.2, 0.25) is 5.82 Å². The number of nitrogens with zero attached hydrogens (tertiary/aromatic N) is 4. The molecule has 2 fully saturated rings. The lowest BCUT2D eigenvalue weighted by molar-refractivity contribution is 0.0746. The van der Waals surface area contributed by atoms with E-state index in [0.717, 1.165) is 50.5 Å². The number of carbonyl (C=O) groups excluding carboxylic acids is 1. The minimum absolute atomic E-state index is 0.0735. The van der Waals surface area contributed by atoms with Crippen molar-refractivity contribution in [3.05, 3.63) is 40.9 Å². The van der Waals surface area contributed by atoms with Gasteiger partial charge in [0.05, 0.1) is 10.7 Å². The van der Waals surface area contributed by atoms with E-state index in [9.17, 15) is 4.79 Å². The molecule has 2 saturated heterocycles. The first-order valence-electron chi connectivity index (χ1n) is 9.76. The molecule has 144 valence electrons. The Morgan fingerprint density at radius 1 is 1.19 bits per heavy atom. The van der Waals surface area contributed by atoms with Gasteiger partial charge < -0.3 is 10.2 Å². The van der Waals surface area contributed by atoms with Gasteiger partial charge >= 0.3 is 0 Å². The molecule has 6 nitrogen and oxygen atoms in total. The largest absolute Gasteiger partial charge is 0.336 e. The van der Waals surface area contributed by atoms with Crippen molar-refractivity contribution in [1.29, 1.82) is 0 Å². The van der Waals surface area contributed by atoms with Gasteiger partial charge in [-0.1, -0.05) is 37.6 Å². The number of rotatable bonds is 3. The summed E-state index contributed by atoms with van der Waals surface area (Å²) >= 11 is 6.36. The SMILES string of the molecule is CC(C)c1nc(C(=O)N2CC[C@@H]3CNC[C@@H]3CC2)nn1-c1ccccc1Cl. The number of hydrogen-bond donors (Lipinski definition) is 1. The molecule has 2 atom stereocenters. The van der Waals surface area contributed by atoms with Crippen LogP contribution in [0.1, 0.15) is 49.1 Å². The number of fused-ring (bicyclic) bond motifs is 1. The molecule has 2 aromatic rings. The fraction of sp³-hybridized carbons (Fsp3) is 0.550. The second-order valence-corrected chi connectivity index (χ2v) is 8.27. The van der Waals surface area contributed by atoms with Crippen LogP contribution in [0.15, 0.2) is 24.3 Å². The standard InChI is InChI=1S/C20H26ClN5O/c1-13(2)19-23-18(24-26(19)17-6-4-3-5-16(17)21)20(27)25-9-7-14-11-22-12-15(14)8-10-25/h3-6,13-15,22H,7-12H2,1-2H3/t14-,15+. The van der Waals surface area contributed by atoms with Crippen LogP contribution in [0.2, 0.25) is 5.02 Å². The molecule has 4 rings (SSSR count). The summed E-state index contributed by atoms with van der Waals surface area (Å²) in [6, 6.07) is 7.52. The van der Waals surface area contributed by atoms with Gasteiger partial charge in [0.1, 0.15) is 5.82 Å². The highest BCUT2D eigenvalue weighted by Crippen LogP contribution is 2.28. The molecule has 2 aliphatic heterocycles. The van der Waals surface area contributed by atoms with E-state index in [1.165, 1.54) is 0 Å². The van der Waals surface area contributed by atoms with E-state index in [4.69, 9.17) is 11.6 Å². The first-order valence-corrected chi connectivity index (χ1v) is 10.1. The number of likely N-dealkylation sites (tertiary alicyclic amines) is 1. The first kappa shape index (κ1) is 18.4. The summed E-state index contributed by atoms with van der Waals surface area (Å²) in [4.78, 5) is 19.6. The van der Waals surface area contributed by atoms with E-state index in [0.29, 0.717) is 16.9 Å². The summed E-state index contributed by atoms with van der Waals surface area (Å²) in [6.07, 6.45) is 2.09. The van der Waals surface area contributed by atoms with Crippen LogP contribution < -0.4 is 5.32 Å². The van der Waals surface area contributed by atoms with Crippen molar-refractivity contribution < 1.29 is 4.79 Å². The van der Waals surface area contributed by atoms with Crippen LogP contribution in [-0.2, 0) is 0 Å². The van der Waals surface area contributed by atoms with E-state index < -0.39 is 0 Å². The normalized spacial score (nSPS) is 22.7. The molecule has 1 N–H and O–H groups in total. The number of hydrogen-bond acceptors (Lipinski definition) is 4. The molecule has 3 heterocycles. The Morgan fingerprint density at radius 2 is 1.85 bits per heavy atom. The molecular formula is C20H26ClN5O. The van der Waals surface area contributed by atoms with Crippen LogP contribution in [0.4, 0.5) is 0 Å². The topological polar surface area (TPSA) is 63.1 Å². The molecule has 0 spiro atoms. The fourth-order valence-electron chi connectivity index (χ4n) is 4.15. The fourth-order valence-corrected chi connectivity index (χ4v) is 4.37. The Morgan fingerprint density at radius 3 is 2.48 bits per heavy atom. The Hall–Kier alpha value is -1.92. The summed E-state index contributed by atoms with van der Waals surface area (Å²) in [6.45, 7) is 7.79. The molecule has 1 aromatic heterocycles. The number of para-hydroxylation sites is 1. The van der Waals surface area contributed by atoms with Crippen LogP contribution in [-0.4, -0.2) is 51.8 Å². The smallest absolute Gasteiger partial charge is 0.293 e. The molecule has 0 saturated carbocycles. The van der Waals surface area contributed by atoms with Gasteiger partial charge in [-0.25, -0.2) is 9.67 Å². The Labute approximate surface area is 164 Å². The lowest BCUT2D eigenvalue weighted by Gasteiger charge is -2.19. The average molecular weight is 388 g/mol. The summed E-state index contributed by atoms with van der Waals surface area (Å²) in [5.74, 6) is 2.44. The predicted octanol–water partition coefficient (Wildman–Crippen LogP) is 3.12. The maximum absolute atomic E-state index is 13.1. The lowest BCUT2D eigenvalue weighted by atomic mass is 9.92. The van der Waals surface area contributed by atoms with Gasteiger partial charge in [-0.2, -0.15) is 0 Å². The van der Waals surface area contributed by atoms with Crippen molar-refractivity contribution in [2.24, 2.45) is 11.8 Å². The van der Waals surface area contributed by atoms with Crippen LogP contribution in [0.3, 0.4) is 0 Å². The zero-order valence-electron chi connectivity index (χ0n) is 15.9. The third-order valence-electron chi connectivity index (χ3n) is 5.73. The summed E-state index contributed by atoms with van der Waals surface area (Å²) < 4.78 is 1.72.